The maximum atomic E-state index is 11.5. The van der Waals surface area contributed by atoms with Gasteiger partial charge in [0.05, 0.1) is 18.6 Å². The lowest BCUT2D eigenvalue weighted by Crippen LogP contribution is -2.16. The lowest BCUT2D eigenvalue weighted by molar-refractivity contribution is -0.492. The predicted octanol–water partition coefficient (Wildman–Crippen LogP) is 5.75. The van der Waals surface area contributed by atoms with Crippen molar-refractivity contribution < 1.29 is 24.8 Å². The average Bonchev–Trinajstić information content (AvgIpc) is 2.64. The van der Waals surface area contributed by atoms with Crippen molar-refractivity contribution in [2.75, 3.05) is 13.2 Å². The van der Waals surface area contributed by atoms with Crippen molar-refractivity contribution in [3.8, 4) is 0 Å². The molecule has 0 saturated heterocycles. The van der Waals surface area contributed by atoms with E-state index in [0.717, 1.165) is 25.7 Å². The van der Waals surface area contributed by atoms with Crippen LogP contribution in [0.2, 0.25) is 0 Å². The molecule has 0 aromatic heterocycles. The number of hydrogen-bond acceptors (Lipinski definition) is 6. The van der Waals surface area contributed by atoms with Crippen LogP contribution in [0, 0.1) is 0 Å². The summed E-state index contributed by atoms with van der Waals surface area (Å²) < 4.78 is 5.03. The monoisotopic (exact) mass is 385 g/mol. The summed E-state index contributed by atoms with van der Waals surface area (Å²) in [7, 11) is 0. The van der Waals surface area contributed by atoms with Crippen LogP contribution >= 0.6 is 0 Å². The van der Waals surface area contributed by atoms with Gasteiger partial charge in [-0.25, -0.2) is 0 Å². The number of carbonyl (C=O) groups is 1. The second-order valence-corrected chi connectivity index (χ2v) is 6.67. The number of hydrogen-bond donors (Lipinski definition) is 2. The molecule has 27 heavy (non-hydrogen) atoms. The van der Waals surface area contributed by atoms with Crippen LogP contribution in [-0.2, 0) is 14.4 Å². The highest BCUT2D eigenvalue weighted by molar-refractivity contribution is 5.69. The first-order valence-corrected chi connectivity index (χ1v) is 10.4. The quantitative estimate of drug-likeness (QED) is 0.128. The molecule has 158 valence electrons. The summed E-state index contributed by atoms with van der Waals surface area (Å²) >= 11 is 0. The third-order valence-electron chi connectivity index (χ3n) is 4.12. The smallest absolute Gasteiger partial charge is 0.305 e. The lowest BCUT2D eigenvalue weighted by Gasteiger charge is -2.07. The molecule has 0 aliphatic carbocycles. The van der Waals surface area contributed by atoms with E-state index in [1.807, 2.05) is 0 Å². The van der Waals surface area contributed by atoms with Crippen LogP contribution in [0.3, 0.4) is 0 Å². The zero-order valence-electron chi connectivity index (χ0n) is 17.0. The van der Waals surface area contributed by atoms with E-state index >= 15 is 0 Å². The minimum Gasteiger partial charge on any atom is -0.466 e. The van der Waals surface area contributed by atoms with Crippen molar-refractivity contribution in [3.05, 3.63) is 24.3 Å². The SMILES string of the molecule is CCCCCC/C=C/C=C\CCCCCCCC(=O)OCCCON(O)O. The Balaban J connectivity index is 3.28. The van der Waals surface area contributed by atoms with Crippen molar-refractivity contribution in [2.24, 2.45) is 0 Å². The summed E-state index contributed by atoms with van der Waals surface area (Å²) in [5.41, 5.74) is 0. The first-order valence-electron chi connectivity index (χ1n) is 10.4. The van der Waals surface area contributed by atoms with Gasteiger partial charge in [-0.15, -0.1) is 0 Å². The Hall–Kier alpha value is -1.21. The minimum absolute atomic E-state index is 0.0868. The maximum Gasteiger partial charge on any atom is 0.305 e. The van der Waals surface area contributed by atoms with E-state index in [9.17, 15) is 4.79 Å². The molecule has 0 aliphatic rings. The van der Waals surface area contributed by atoms with Crippen LogP contribution < -0.4 is 0 Å². The molecular weight excluding hydrogens is 346 g/mol. The van der Waals surface area contributed by atoms with Gasteiger partial charge in [-0.1, -0.05) is 69.8 Å². The molecule has 0 aromatic rings. The van der Waals surface area contributed by atoms with Gasteiger partial charge in [-0.05, 0) is 32.1 Å². The summed E-state index contributed by atoms with van der Waals surface area (Å²) in [6, 6.07) is 0. The highest BCUT2D eigenvalue weighted by Gasteiger charge is 2.03. The molecule has 0 heterocycles. The minimum atomic E-state index is -0.343. The molecule has 0 aromatic carbocycles. The second kappa shape index (κ2) is 21.1. The van der Waals surface area contributed by atoms with Crippen molar-refractivity contribution in [2.45, 2.75) is 90.4 Å². The number of unbranched alkanes of at least 4 members (excludes halogenated alkanes) is 9. The molecule has 0 radical (unpaired) electrons. The highest BCUT2D eigenvalue weighted by atomic mass is 17.1. The molecule has 0 spiro atoms. The molecule has 0 amide bonds. The van der Waals surface area contributed by atoms with Gasteiger partial charge >= 0.3 is 5.97 Å². The number of ether oxygens (including phenoxy) is 1. The van der Waals surface area contributed by atoms with Crippen molar-refractivity contribution in [1.82, 2.24) is 5.39 Å². The van der Waals surface area contributed by atoms with Gasteiger partial charge in [0, 0.05) is 12.8 Å². The van der Waals surface area contributed by atoms with E-state index < -0.39 is 0 Å². The van der Waals surface area contributed by atoms with E-state index in [4.69, 9.17) is 15.2 Å². The van der Waals surface area contributed by atoms with Gasteiger partial charge in [-0.3, -0.25) is 20.0 Å². The molecule has 0 aliphatic heterocycles. The van der Waals surface area contributed by atoms with Gasteiger partial charge in [-0.2, -0.15) is 0 Å². The fourth-order valence-electron chi connectivity index (χ4n) is 2.56. The van der Waals surface area contributed by atoms with Crippen molar-refractivity contribution in [3.63, 3.8) is 0 Å². The molecule has 6 nitrogen and oxygen atoms in total. The fraction of sp³-hybridized carbons (Fsp3) is 0.762. The third kappa shape index (κ3) is 22.7. The standard InChI is InChI=1S/C21H39NO5/c1-2-3-4-5-6-7-8-9-10-11-12-13-14-15-16-18-21(23)26-19-17-20-27-22(24)25/h7-10,24-25H,2-6,11-20H2,1H3/b8-7+,10-9-. The number of esters is 1. The Labute approximate surface area is 164 Å². The van der Waals surface area contributed by atoms with Crippen LogP contribution in [0.4, 0.5) is 0 Å². The predicted molar refractivity (Wildman–Crippen MR) is 106 cm³/mol. The summed E-state index contributed by atoms with van der Waals surface area (Å²) in [5.74, 6) is -0.204. The first kappa shape index (κ1) is 25.8. The molecule has 6 heteroatoms. The molecule has 0 atom stereocenters. The highest BCUT2D eigenvalue weighted by Crippen LogP contribution is 2.08. The molecule has 0 bridgehead atoms. The van der Waals surface area contributed by atoms with Crippen LogP contribution in [0.25, 0.3) is 0 Å². The molecular formula is C21H39NO5. The van der Waals surface area contributed by atoms with Gasteiger partial charge in [0.1, 0.15) is 0 Å². The van der Waals surface area contributed by atoms with Crippen LogP contribution in [0.1, 0.15) is 90.4 Å². The number of carbonyl (C=O) groups excluding carboxylic acids is 1. The molecule has 0 saturated carbocycles. The normalized spacial score (nSPS) is 11.9. The Morgan fingerprint density at radius 2 is 1.41 bits per heavy atom. The van der Waals surface area contributed by atoms with Crippen LogP contribution in [0.15, 0.2) is 24.3 Å². The van der Waals surface area contributed by atoms with Crippen LogP contribution in [0.5, 0.6) is 0 Å². The van der Waals surface area contributed by atoms with E-state index in [1.165, 1.54) is 44.9 Å². The Morgan fingerprint density at radius 3 is 2.04 bits per heavy atom. The summed E-state index contributed by atoms with van der Waals surface area (Å²) in [5, 5.41) is 16.3. The van der Waals surface area contributed by atoms with E-state index in [-0.39, 0.29) is 24.6 Å². The van der Waals surface area contributed by atoms with E-state index in [2.05, 4.69) is 36.1 Å². The number of allylic oxidation sites excluding steroid dienone is 4. The van der Waals surface area contributed by atoms with Crippen molar-refractivity contribution >= 4 is 5.97 Å². The summed E-state index contributed by atoms with van der Waals surface area (Å²) in [6.45, 7) is 2.55. The fourth-order valence-corrected chi connectivity index (χ4v) is 2.56. The number of rotatable bonds is 19. The summed E-state index contributed by atoms with van der Waals surface area (Å²) in [6.07, 6.45) is 22.7. The molecule has 0 rings (SSSR count). The van der Waals surface area contributed by atoms with Crippen LogP contribution in [-0.4, -0.2) is 35.0 Å². The molecule has 2 N–H and O–H groups in total. The average molecular weight is 386 g/mol. The molecule has 0 unspecified atom stereocenters. The second-order valence-electron chi connectivity index (χ2n) is 6.67. The Morgan fingerprint density at radius 1 is 0.815 bits per heavy atom. The van der Waals surface area contributed by atoms with Gasteiger partial charge in [0.2, 0.25) is 0 Å². The topological polar surface area (TPSA) is 79.2 Å². The first-order chi connectivity index (χ1) is 13.2. The van der Waals surface area contributed by atoms with Gasteiger partial charge in [0.25, 0.3) is 0 Å². The summed E-state index contributed by atoms with van der Waals surface area (Å²) in [4.78, 5) is 15.8. The Kier molecular flexibility index (Phi) is 20.1. The van der Waals surface area contributed by atoms with Gasteiger partial charge in [0.15, 0.2) is 0 Å². The maximum absolute atomic E-state index is 11.5. The largest absolute Gasteiger partial charge is 0.466 e. The zero-order chi connectivity index (χ0) is 20.0. The number of nitrogens with zero attached hydrogens (tertiary/aromatic N) is 1. The zero-order valence-corrected chi connectivity index (χ0v) is 17.0. The Bertz CT molecular complexity index is 383. The van der Waals surface area contributed by atoms with E-state index in [1.54, 1.807) is 0 Å². The lowest BCUT2D eigenvalue weighted by atomic mass is 10.1. The van der Waals surface area contributed by atoms with E-state index in [0.29, 0.717) is 12.8 Å². The third-order valence-corrected chi connectivity index (χ3v) is 4.12. The van der Waals surface area contributed by atoms with Crippen molar-refractivity contribution in [1.29, 1.82) is 0 Å². The van der Waals surface area contributed by atoms with Gasteiger partial charge < -0.3 is 4.74 Å². The molecule has 0 fully saturated rings.